The lowest BCUT2D eigenvalue weighted by Gasteiger charge is -2.14. The average Bonchev–Trinajstić information content (AvgIpc) is 2.30. The second kappa shape index (κ2) is 5.59. The molecule has 0 radical (unpaired) electrons. The molecule has 1 aromatic carbocycles. The molecule has 1 unspecified atom stereocenters. The van der Waals surface area contributed by atoms with Gasteiger partial charge >= 0.3 is 0 Å². The zero-order valence-electron chi connectivity index (χ0n) is 9.71. The fourth-order valence-electron chi connectivity index (χ4n) is 1.82. The van der Waals surface area contributed by atoms with Gasteiger partial charge in [-0.25, -0.2) is 13.2 Å². The quantitative estimate of drug-likeness (QED) is 0.939. The highest BCUT2D eigenvalue weighted by Crippen LogP contribution is 2.25. The van der Waals surface area contributed by atoms with E-state index < -0.39 is 23.5 Å². The van der Waals surface area contributed by atoms with E-state index >= 15 is 0 Å². The van der Waals surface area contributed by atoms with Gasteiger partial charge in [-0.15, -0.1) is 0 Å². The highest BCUT2D eigenvalue weighted by Gasteiger charge is 2.19. The molecule has 1 heterocycles. The Bertz CT molecular complexity index is 581. The molecule has 2 aromatic rings. The van der Waals surface area contributed by atoms with Gasteiger partial charge in [-0.1, -0.05) is 11.6 Å². The minimum atomic E-state index is -1.00. The minimum Gasteiger partial charge on any atom is -0.323 e. The number of benzene rings is 1. The summed E-state index contributed by atoms with van der Waals surface area (Å²) in [5.41, 5.74) is 6.03. The summed E-state index contributed by atoms with van der Waals surface area (Å²) in [7, 11) is 0. The summed E-state index contributed by atoms with van der Waals surface area (Å²) < 4.78 is 39.9. The minimum absolute atomic E-state index is 0.126. The lowest BCUT2D eigenvalue weighted by molar-refractivity contribution is 0.501. The lowest BCUT2D eigenvalue weighted by Crippen LogP contribution is -2.17. The van der Waals surface area contributed by atoms with Crippen molar-refractivity contribution in [2.45, 2.75) is 12.5 Å². The average molecular weight is 287 g/mol. The molecule has 0 aliphatic carbocycles. The molecule has 0 saturated carbocycles. The predicted octanol–water partition coefficient (Wildman–Crippen LogP) is 3.39. The molecule has 1 atom stereocenters. The van der Waals surface area contributed by atoms with Gasteiger partial charge in [0.1, 0.15) is 17.5 Å². The van der Waals surface area contributed by atoms with Crippen LogP contribution in [0, 0.1) is 17.5 Å². The van der Waals surface area contributed by atoms with E-state index in [1.807, 2.05) is 0 Å². The van der Waals surface area contributed by atoms with Crippen molar-refractivity contribution in [3.63, 3.8) is 0 Å². The highest BCUT2D eigenvalue weighted by molar-refractivity contribution is 6.31. The zero-order valence-corrected chi connectivity index (χ0v) is 10.5. The molecular formula is C13H10ClF3N2. The number of hydrogen-bond acceptors (Lipinski definition) is 2. The van der Waals surface area contributed by atoms with Crippen molar-refractivity contribution in [3.05, 3.63) is 64.2 Å². The Morgan fingerprint density at radius 1 is 1.21 bits per heavy atom. The van der Waals surface area contributed by atoms with Crippen LogP contribution >= 0.6 is 11.6 Å². The van der Waals surface area contributed by atoms with E-state index in [0.717, 1.165) is 0 Å². The Hall–Kier alpha value is -1.59. The molecule has 0 saturated heterocycles. The van der Waals surface area contributed by atoms with E-state index in [-0.39, 0.29) is 12.0 Å². The maximum absolute atomic E-state index is 13.6. The first-order valence-electron chi connectivity index (χ1n) is 5.47. The van der Waals surface area contributed by atoms with Crippen LogP contribution < -0.4 is 5.73 Å². The third-order valence-corrected chi connectivity index (χ3v) is 3.05. The van der Waals surface area contributed by atoms with E-state index in [9.17, 15) is 13.2 Å². The summed E-state index contributed by atoms with van der Waals surface area (Å²) in [4.78, 5) is 3.80. The Morgan fingerprint density at radius 3 is 2.42 bits per heavy atom. The molecule has 2 nitrogen and oxygen atoms in total. The largest absolute Gasteiger partial charge is 0.323 e. The molecule has 0 spiro atoms. The molecule has 0 bridgehead atoms. The van der Waals surface area contributed by atoms with E-state index in [2.05, 4.69) is 4.98 Å². The van der Waals surface area contributed by atoms with Crippen LogP contribution in [-0.2, 0) is 6.42 Å². The molecule has 2 N–H and O–H groups in total. The first-order chi connectivity index (χ1) is 8.99. The van der Waals surface area contributed by atoms with Gasteiger partial charge in [-0.3, -0.25) is 4.98 Å². The van der Waals surface area contributed by atoms with Crippen molar-refractivity contribution in [1.29, 1.82) is 0 Å². The van der Waals surface area contributed by atoms with Crippen molar-refractivity contribution in [2.75, 3.05) is 0 Å². The molecular weight excluding hydrogens is 277 g/mol. The predicted molar refractivity (Wildman–Crippen MR) is 66.2 cm³/mol. The van der Waals surface area contributed by atoms with Gasteiger partial charge in [-0.05, 0) is 18.1 Å². The second-order valence-corrected chi connectivity index (χ2v) is 4.47. The summed E-state index contributed by atoms with van der Waals surface area (Å²) in [6.45, 7) is 0. The Morgan fingerprint density at radius 2 is 1.84 bits per heavy atom. The number of pyridine rings is 1. The van der Waals surface area contributed by atoms with Crippen LogP contribution in [0.2, 0.25) is 5.02 Å². The molecule has 0 aliphatic heterocycles. The molecule has 2 rings (SSSR count). The monoisotopic (exact) mass is 286 g/mol. The molecule has 0 aliphatic rings. The summed E-state index contributed by atoms with van der Waals surface area (Å²) in [5.74, 6) is -2.99. The first-order valence-corrected chi connectivity index (χ1v) is 5.85. The van der Waals surface area contributed by atoms with Gasteiger partial charge in [0.15, 0.2) is 0 Å². The number of nitrogens with zero attached hydrogens (tertiary/aromatic N) is 1. The zero-order chi connectivity index (χ0) is 14.0. The molecule has 19 heavy (non-hydrogen) atoms. The highest BCUT2D eigenvalue weighted by atomic mass is 35.5. The standard InChI is InChI=1S/C13H10ClF3N2/c14-9-6-19-2-1-7(9)3-12(18)13-10(16)4-8(15)5-11(13)17/h1-2,4-6,12H,3,18H2. The Labute approximate surface area is 113 Å². The SMILES string of the molecule is NC(Cc1ccncc1Cl)c1c(F)cc(F)cc1F. The van der Waals surface area contributed by atoms with Crippen molar-refractivity contribution < 1.29 is 13.2 Å². The van der Waals surface area contributed by atoms with Gasteiger partial charge in [-0.2, -0.15) is 0 Å². The maximum atomic E-state index is 13.6. The smallest absolute Gasteiger partial charge is 0.133 e. The van der Waals surface area contributed by atoms with Gasteiger partial charge in [0.25, 0.3) is 0 Å². The normalized spacial score (nSPS) is 12.5. The Balaban J connectivity index is 2.31. The van der Waals surface area contributed by atoms with E-state index in [4.69, 9.17) is 17.3 Å². The third-order valence-electron chi connectivity index (χ3n) is 2.71. The van der Waals surface area contributed by atoms with E-state index in [1.54, 1.807) is 6.07 Å². The van der Waals surface area contributed by atoms with Crippen molar-refractivity contribution in [1.82, 2.24) is 4.98 Å². The summed E-state index contributed by atoms with van der Waals surface area (Å²) in [6, 6.07) is 1.86. The molecule has 0 fully saturated rings. The van der Waals surface area contributed by atoms with E-state index in [1.165, 1.54) is 12.4 Å². The van der Waals surface area contributed by atoms with Crippen molar-refractivity contribution in [2.24, 2.45) is 5.73 Å². The Kier molecular flexibility index (Phi) is 4.07. The topological polar surface area (TPSA) is 38.9 Å². The van der Waals surface area contributed by atoms with Gasteiger partial charge < -0.3 is 5.73 Å². The van der Waals surface area contributed by atoms with Crippen LogP contribution in [0.4, 0.5) is 13.2 Å². The second-order valence-electron chi connectivity index (χ2n) is 4.06. The fourth-order valence-corrected chi connectivity index (χ4v) is 2.01. The summed E-state index contributed by atoms with van der Waals surface area (Å²) in [5, 5.41) is 0.362. The number of halogens is 4. The van der Waals surface area contributed by atoms with Crippen LogP contribution in [0.25, 0.3) is 0 Å². The fraction of sp³-hybridized carbons (Fsp3) is 0.154. The van der Waals surface area contributed by atoms with Crippen LogP contribution in [0.3, 0.4) is 0 Å². The molecule has 1 aromatic heterocycles. The third kappa shape index (κ3) is 3.05. The van der Waals surface area contributed by atoms with Crippen LogP contribution in [-0.4, -0.2) is 4.98 Å². The molecule has 100 valence electrons. The first kappa shape index (κ1) is 13.8. The van der Waals surface area contributed by atoms with E-state index in [0.29, 0.717) is 22.7 Å². The van der Waals surface area contributed by atoms with Crippen molar-refractivity contribution >= 4 is 11.6 Å². The summed E-state index contributed by atoms with van der Waals surface area (Å²) in [6.07, 6.45) is 3.05. The number of aromatic nitrogens is 1. The summed E-state index contributed by atoms with van der Waals surface area (Å²) >= 11 is 5.90. The van der Waals surface area contributed by atoms with Gasteiger partial charge in [0.05, 0.1) is 5.02 Å². The number of hydrogen-bond donors (Lipinski definition) is 1. The molecule has 0 amide bonds. The maximum Gasteiger partial charge on any atom is 0.133 e. The van der Waals surface area contributed by atoms with Crippen LogP contribution in [0.15, 0.2) is 30.6 Å². The van der Waals surface area contributed by atoms with Crippen LogP contribution in [0.1, 0.15) is 17.2 Å². The van der Waals surface area contributed by atoms with Crippen LogP contribution in [0.5, 0.6) is 0 Å². The van der Waals surface area contributed by atoms with Gasteiger partial charge in [0, 0.05) is 36.1 Å². The number of nitrogens with two attached hydrogens (primary N) is 1. The number of rotatable bonds is 3. The lowest BCUT2D eigenvalue weighted by atomic mass is 9.99. The molecule has 6 heteroatoms. The van der Waals surface area contributed by atoms with Gasteiger partial charge in [0.2, 0.25) is 0 Å². The van der Waals surface area contributed by atoms with Crippen molar-refractivity contribution in [3.8, 4) is 0 Å².